The van der Waals surface area contributed by atoms with Crippen LogP contribution in [0.5, 0.6) is 0 Å². The van der Waals surface area contributed by atoms with Crippen molar-refractivity contribution >= 4 is 17.2 Å². The molecular formula is C13H20N2OS. The average molecular weight is 252 g/mol. The van der Waals surface area contributed by atoms with Crippen molar-refractivity contribution in [3.8, 4) is 0 Å². The van der Waals surface area contributed by atoms with Crippen LogP contribution in [0.15, 0.2) is 6.07 Å². The molecule has 0 radical (unpaired) electrons. The Morgan fingerprint density at radius 2 is 2.35 bits per heavy atom. The van der Waals surface area contributed by atoms with E-state index in [1.165, 1.54) is 34.6 Å². The van der Waals surface area contributed by atoms with Gasteiger partial charge in [0.1, 0.15) is 0 Å². The molecule has 0 bridgehead atoms. The summed E-state index contributed by atoms with van der Waals surface area (Å²) in [5.41, 5.74) is 1.51. The number of amides is 1. The highest BCUT2D eigenvalue weighted by molar-refractivity contribution is 7.12. The van der Waals surface area contributed by atoms with E-state index >= 15 is 0 Å². The number of hydrogen-bond acceptors (Lipinski definition) is 3. The molecule has 4 heteroatoms. The summed E-state index contributed by atoms with van der Waals surface area (Å²) in [5.74, 6) is 0.161. The minimum absolute atomic E-state index is 0.161. The van der Waals surface area contributed by atoms with Crippen LogP contribution >= 0.6 is 11.3 Å². The molecule has 1 aromatic rings. The Hall–Kier alpha value is -0.870. The predicted molar refractivity (Wildman–Crippen MR) is 71.4 cm³/mol. The Labute approximate surface area is 107 Å². The smallest absolute Gasteiger partial charge is 0.220 e. The van der Waals surface area contributed by atoms with Crippen LogP contribution in [-0.2, 0) is 24.2 Å². The highest BCUT2D eigenvalue weighted by Crippen LogP contribution is 2.30. The molecule has 0 saturated heterocycles. The number of aryl methyl sites for hydroxylation is 2. The van der Waals surface area contributed by atoms with Crippen molar-refractivity contribution in [1.82, 2.24) is 10.6 Å². The summed E-state index contributed by atoms with van der Waals surface area (Å²) in [4.78, 5) is 14.4. The number of rotatable bonds is 6. The molecule has 0 spiro atoms. The van der Waals surface area contributed by atoms with Crippen LogP contribution in [0.4, 0.5) is 0 Å². The summed E-state index contributed by atoms with van der Waals surface area (Å²) in [7, 11) is 1.91. The Balaban J connectivity index is 1.72. The van der Waals surface area contributed by atoms with Crippen molar-refractivity contribution in [2.45, 2.75) is 38.6 Å². The maximum atomic E-state index is 11.5. The normalized spacial score (nSPS) is 13.7. The molecule has 17 heavy (non-hydrogen) atoms. The first-order chi connectivity index (χ1) is 8.29. The second-order valence-corrected chi connectivity index (χ2v) is 5.72. The van der Waals surface area contributed by atoms with Gasteiger partial charge in [0, 0.05) is 16.2 Å². The van der Waals surface area contributed by atoms with Gasteiger partial charge in [-0.05, 0) is 50.9 Å². The molecule has 0 unspecified atom stereocenters. The van der Waals surface area contributed by atoms with E-state index in [0.717, 1.165) is 13.0 Å². The molecule has 2 N–H and O–H groups in total. The number of carbonyl (C=O) groups excluding carboxylic acids is 1. The van der Waals surface area contributed by atoms with Crippen molar-refractivity contribution in [2.24, 2.45) is 0 Å². The first kappa shape index (κ1) is 12.6. The third kappa shape index (κ3) is 3.54. The van der Waals surface area contributed by atoms with Gasteiger partial charge in [0.05, 0.1) is 6.54 Å². The van der Waals surface area contributed by atoms with Gasteiger partial charge in [-0.15, -0.1) is 11.3 Å². The first-order valence-corrected chi connectivity index (χ1v) is 7.13. The molecule has 94 valence electrons. The molecule has 1 aromatic heterocycles. The SMILES string of the molecule is CNCCCC(=O)NCc1cc2c(s1)CCC2. The summed E-state index contributed by atoms with van der Waals surface area (Å²) >= 11 is 1.87. The highest BCUT2D eigenvalue weighted by atomic mass is 32.1. The molecule has 0 saturated carbocycles. The van der Waals surface area contributed by atoms with Crippen molar-refractivity contribution in [2.75, 3.05) is 13.6 Å². The number of thiophene rings is 1. The van der Waals surface area contributed by atoms with Gasteiger partial charge in [0.15, 0.2) is 0 Å². The fourth-order valence-corrected chi connectivity index (χ4v) is 3.38. The van der Waals surface area contributed by atoms with E-state index < -0.39 is 0 Å². The lowest BCUT2D eigenvalue weighted by molar-refractivity contribution is -0.121. The number of nitrogens with one attached hydrogen (secondary N) is 2. The van der Waals surface area contributed by atoms with Crippen molar-refractivity contribution in [1.29, 1.82) is 0 Å². The van der Waals surface area contributed by atoms with Crippen LogP contribution in [0, 0.1) is 0 Å². The van der Waals surface area contributed by atoms with Gasteiger partial charge in [0.2, 0.25) is 5.91 Å². The standard InChI is InChI=1S/C13H20N2OS/c1-14-7-3-6-13(16)15-9-11-8-10-4-2-5-12(10)17-11/h8,14H,2-7,9H2,1H3,(H,15,16). The third-order valence-electron chi connectivity index (χ3n) is 3.09. The summed E-state index contributed by atoms with van der Waals surface area (Å²) < 4.78 is 0. The first-order valence-electron chi connectivity index (χ1n) is 6.31. The molecule has 0 aromatic carbocycles. The second kappa shape index (κ2) is 6.17. The molecule has 1 heterocycles. The molecule has 3 nitrogen and oxygen atoms in total. The van der Waals surface area contributed by atoms with Gasteiger partial charge in [-0.3, -0.25) is 4.79 Å². The lowest BCUT2D eigenvalue weighted by Crippen LogP contribution is -2.23. The fraction of sp³-hybridized carbons (Fsp3) is 0.615. The summed E-state index contributed by atoms with van der Waals surface area (Å²) in [6.45, 7) is 1.61. The quantitative estimate of drug-likeness (QED) is 0.759. The Bertz CT molecular complexity index is 365. The van der Waals surface area contributed by atoms with Crippen molar-refractivity contribution < 1.29 is 4.79 Å². The molecule has 0 aliphatic heterocycles. The van der Waals surface area contributed by atoms with E-state index in [1.54, 1.807) is 0 Å². The molecule has 1 aliphatic rings. The van der Waals surface area contributed by atoms with Crippen LogP contribution in [0.3, 0.4) is 0 Å². The minimum Gasteiger partial charge on any atom is -0.351 e. The monoisotopic (exact) mass is 252 g/mol. The molecule has 0 atom stereocenters. The van der Waals surface area contributed by atoms with Gasteiger partial charge in [-0.2, -0.15) is 0 Å². The van der Waals surface area contributed by atoms with Gasteiger partial charge in [0.25, 0.3) is 0 Å². The average Bonchev–Trinajstić information content (AvgIpc) is 2.86. The van der Waals surface area contributed by atoms with E-state index in [1.807, 2.05) is 18.4 Å². The Kier molecular flexibility index (Phi) is 4.57. The summed E-state index contributed by atoms with van der Waals surface area (Å²) in [6.07, 6.45) is 5.28. The van der Waals surface area contributed by atoms with E-state index in [0.29, 0.717) is 13.0 Å². The zero-order valence-electron chi connectivity index (χ0n) is 10.3. The molecule has 2 rings (SSSR count). The van der Waals surface area contributed by atoms with E-state index in [9.17, 15) is 4.79 Å². The van der Waals surface area contributed by atoms with Gasteiger partial charge >= 0.3 is 0 Å². The predicted octanol–water partition coefficient (Wildman–Crippen LogP) is 1.85. The largest absolute Gasteiger partial charge is 0.351 e. The number of fused-ring (bicyclic) bond motifs is 1. The van der Waals surface area contributed by atoms with Gasteiger partial charge in [-0.1, -0.05) is 0 Å². The zero-order chi connectivity index (χ0) is 12.1. The van der Waals surface area contributed by atoms with Crippen LogP contribution in [-0.4, -0.2) is 19.5 Å². The highest BCUT2D eigenvalue weighted by Gasteiger charge is 2.14. The van der Waals surface area contributed by atoms with Crippen LogP contribution < -0.4 is 10.6 Å². The van der Waals surface area contributed by atoms with E-state index in [-0.39, 0.29) is 5.91 Å². The van der Waals surface area contributed by atoms with Crippen molar-refractivity contribution in [3.05, 3.63) is 21.4 Å². The fourth-order valence-electron chi connectivity index (χ4n) is 2.18. The number of carbonyl (C=O) groups is 1. The van der Waals surface area contributed by atoms with Crippen LogP contribution in [0.25, 0.3) is 0 Å². The second-order valence-electron chi connectivity index (χ2n) is 4.50. The summed E-state index contributed by atoms with van der Waals surface area (Å²) in [6, 6.07) is 2.26. The van der Waals surface area contributed by atoms with Gasteiger partial charge in [-0.25, -0.2) is 0 Å². The van der Waals surface area contributed by atoms with Crippen molar-refractivity contribution in [3.63, 3.8) is 0 Å². The van der Waals surface area contributed by atoms with Gasteiger partial charge < -0.3 is 10.6 Å². The molecule has 0 fully saturated rings. The Morgan fingerprint density at radius 1 is 1.47 bits per heavy atom. The van der Waals surface area contributed by atoms with Crippen LogP contribution in [0.2, 0.25) is 0 Å². The van der Waals surface area contributed by atoms with E-state index in [4.69, 9.17) is 0 Å². The number of hydrogen-bond donors (Lipinski definition) is 2. The molecule has 1 aliphatic carbocycles. The maximum Gasteiger partial charge on any atom is 0.220 e. The van der Waals surface area contributed by atoms with Crippen LogP contribution in [0.1, 0.15) is 34.6 Å². The minimum atomic E-state index is 0.161. The molecule has 1 amide bonds. The lowest BCUT2D eigenvalue weighted by Gasteiger charge is -2.03. The summed E-state index contributed by atoms with van der Waals surface area (Å²) in [5, 5.41) is 6.04. The molecular weight excluding hydrogens is 232 g/mol. The zero-order valence-corrected chi connectivity index (χ0v) is 11.2. The maximum absolute atomic E-state index is 11.5. The topological polar surface area (TPSA) is 41.1 Å². The van der Waals surface area contributed by atoms with E-state index in [2.05, 4.69) is 16.7 Å². The Morgan fingerprint density at radius 3 is 3.12 bits per heavy atom. The third-order valence-corrected chi connectivity index (χ3v) is 4.33. The lowest BCUT2D eigenvalue weighted by atomic mass is 10.2.